The summed E-state index contributed by atoms with van der Waals surface area (Å²) < 4.78 is 1.89. The summed E-state index contributed by atoms with van der Waals surface area (Å²) in [4.78, 5) is 13.7. The van der Waals surface area contributed by atoms with Crippen LogP contribution in [0.15, 0.2) is 36.5 Å². The number of hydrogen-bond donors (Lipinski definition) is 1. The fraction of sp³-hybridized carbons (Fsp3) is 0.375. The van der Waals surface area contributed by atoms with E-state index in [0.29, 0.717) is 13.1 Å². The molecule has 0 radical (unpaired) electrons. The van der Waals surface area contributed by atoms with E-state index in [-0.39, 0.29) is 6.03 Å². The molecule has 1 N–H and O–H groups in total. The van der Waals surface area contributed by atoms with Gasteiger partial charge in [0.15, 0.2) is 0 Å². The number of nitrogens with one attached hydrogen (secondary N) is 1. The molecule has 1 aromatic carbocycles. The maximum Gasteiger partial charge on any atom is 0.321 e. The maximum absolute atomic E-state index is 12.0. The Hall–Kier alpha value is -2.30. The molecule has 112 valence electrons. The molecule has 0 saturated heterocycles. The number of rotatable bonds is 5. The minimum absolute atomic E-state index is 0.0667. The first kappa shape index (κ1) is 15.1. The number of aryl methyl sites for hydroxylation is 1. The van der Waals surface area contributed by atoms with Crippen LogP contribution in [0, 0.1) is 0 Å². The van der Waals surface area contributed by atoms with Crippen LogP contribution < -0.4 is 5.32 Å². The zero-order valence-corrected chi connectivity index (χ0v) is 12.8. The van der Waals surface area contributed by atoms with Gasteiger partial charge in [0.25, 0.3) is 0 Å². The van der Waals surface area contributed by atoms with Crippen LogP contribution in [-0.2, 0) is 6.54 Å². The molecule has 21 heavy (non-hydrogen) atoms. The fourth-order valence-electron chi connectivity index (χ4n) is 2.13. The molecule has 2 aromatic rings. The third-order valence-electron chi connectivity index (χ3n) is 3.45. The number of carbonyl (C=O) groups is 1. The molecule has 1 aromatic heterocycles. The van der Waals surface area contributed by atoms with Gasteiger partial charge >= 0.3 is 6.03 Å². The van der Waals surface area contributed by atoms with Crippen molar-refractivity contribution in [2.45, 2.75) is 27.3 Å². The molecule has 0 aliphatic rings. The first-order valence-corrected chi connectivity index (χ1v) is 7.37. The van der Waals surface area contributed by atoms with Crippen molar-refractivity contribution in [2.75, 3.05) is 18.4 Å². The number of urea groups is 1. The molecule has 0 aliphatic heterocycles. The molecule has 0 saturated carbocycles. The van der Waals surface area contributed by atoms with E-state index in [1.807, 2.05) is 55.1 Å². The largest absolute Gasteiger partial charge is 0.325 e. The van der Waals surface area contributed by atoms with Crippen LogP contribution >= 0.6 is 0 Å². The molecular formula is C16H22N4O. The van der Waals surface area contributed by atoms with Crippen LogP contribution in [0.2, 0.25) is 0 Å². The Morgan fingerprint density at radius 3 is 2.33 bits per heavy atom. The monoisotopic (exact) mass is 286 g/mol. The minimum atomic E-state index is -0.0667. The van der Waals surface area contributed by atoms with Gasteiger partial charge in [-0.2, -0.15) is 5.10 Å². The Kier molecular flexibility index (Phi) is 4.98. The fourth-order valence-corrected chi connectivity index (χ4v) is 2.13. The van der Waals surface area contributed by atoms with Crippen molar-refractivity contribution in [3.05, 3.63) is 36.5 Å². The van der Waals surface area contributed by atoms with Gasteiger partial charge in [0, 0.05) is 37.1 Å². The van der Waals surface area contributed by atoms with Gasteiger partial charge < -0.3 is 10.2 Å². The second-order valence-electron chi connectivity index (χ2n) is 4.74. The highest BCUT2D eigenvalue weighted by atomic mass is 16.2. The van der Waals surface area contributed by atoms with E-state index in [4.69, 9.17) is 0 Å². The number of carbonyl (C=O) groups excluding carboxylic acids is 1. The summed E-state index contributed by atoms with van der Waals surface area (Å²) in [7, 11) is 0. The molecule has 0 atom stereocenters. The van der Waals surface area contributed by atoms with Crippen molar-refractivity contribution in [1.82, 2.24) is 14.7 Å². The van der Waals surface area contributed by atoms with Crippen LogP contribution in [-0.4, -0.2) is 33.8 Å². The van der Waals surface area contributed by atoms with Crippen molar-refractivity contribution in [3.8, 4) is 11.3 Å². The molecule has 5 nitrogen and oxygen atoms in total. The summed E-state index contributed by atoms with van der Waals surface area (Å²) in [5.74, 6) is 0. The zero-order valence-electron chi connectivity index (χ0n) is 12.8. The Morgan fingerprint density at radius 1 is 1.14 bits per heavy atom. The number of nitrogens with zero attached hydrogens (tertiary/aromatic N) is 3. The lowest BCUT2D eigenvalue weighted by molar-refractivity contribution is 0.217. The lowest BCUT2D eigenvalue weighted by Gasteiger charge is -2.19. The van der Waals surface area contributed by atoms with Crippen LogP contribution in [0.4, 0.5) is 10.5 Å². The first-order valence-electron chi connectivity index (χ1n) is 7.37. The van der Waals surface area contributed by atoms with Crippen molar-refractivity contribution < 1.29 is 4.79 Å². The SMILES string of the molecule is CCN(CC)C(=O)Nc1ccc(-c2ccn(CC)n2)cc1. The van der Waals surface area contributed by atoms with E-state index < -0.39 is 0 Å². The van der Waals surface area contributed by atoms with Gasteiger partial charge in [-0.1, -0.05) is 12.1 Å². The average Bonchev–Trinajstić information content (AvgIpc) is 2.98. The Labute approximate surface area is 125 Å². The van der Waals surface area contributed by atoms with Crippen molar-refractivity contribution in [3.63, 3.8) is 0 Å². The Bertz CT molecular complexity index is 585. The van der Waals surface area contributed by atoms with Crippen molar-refractivity contribution in [2.24, 2.45) is 0 Å². The standard InChI is InChI=1S/C16H22N4O/c1-4-19(5-2)16(21)17-14-9-7-13(8-10-14)15-11-12-20(6-3)18-15/h7-12H,4-6H2,1-3H3,(H,17,21). The predicted molar refractivity (Wildman–Crippen MR) is 85.3 cm³/mol. The summed E-state index contributed by atoms with van der Waals surface area (Å²) >= 11 is 0. The maximum atomic E-state index is 12.0. The lowest BCUT2D eigenvalue weighted by Crippen LogP contribution is -2.34. The topological polar surface area (TPSA) is 50.2 Å². The van der Waals surface area contributed by atoms with E-state index in [2.05, 4.69) is 17.3 Å². The summed E-state index contributed by atoms with van der Waals surface area (Å²) in [6.07, 6.45) is 1.96. The second kappa shape index (κ2) is 6.92. The number of hydrogen-bond acceptors (Lipinski definition) is 2. The summed E-state index contributed by atoms with van der Waals surface area (Å²) in [5, 5.41) is 7.37. The lowest BCUT2D eigenvalue weighted by atomic mass is 10.1. The molecule has 0 bridgehead atoms. The number of amides is 2. The van der Waals surface area contributed by atoms with Crippen LogP contribution in [0.3, 0.4) is 0 Å². The average molecular weight is 286 g/mol. The molecule has 2 rings (SSSR count). The van der Waals surface area contributed by atoms with Crippen LogP contribution in [0.5, 0.6) is 0 Å². The number of anilines is 1. The van der Waals surface area contributed by atoms with Crippen LogP contribution in [0.1, 0.15) is 20.8 Å². The highest BCUT2D eigenvalue weighted by Gasteiger charge is 2.09. The summed E-state index contributed by atoms with van der Waals surface area (Å²) in [6.45, 7) is 8.26. The van der Waals surface area contributed by atoms with Gasteiger partial charge in [-0.25, -0.2) is 4.79 Å². The third-order valence-corrected chi connectivity index (χ3v) is 3.45. The molecule has 0 aliphatic carbocycles. The highest BCUT2D eigenvalue weighted by molar-refractivity contribution is 5.89. The number of benzene rings is 1. The smallest absolute Gasteiger partial charge is 0.321 e. The van der Waals surface area contributed by atoms with Gasteiger partial charge in [0.05, 0.1) is 5.69 Å². The molecule has 0 spiro atoms. The molecular weight excluding hydrogens is 264 g/mol. The van der Waals surface area contributed by atoms with Crippen molar-refractivity contribution in [1.29, 1.82) is 0 Å². The van der Waals surface area contributed by atoms with Crippen molar-refractivity contribution >= 4 is 11.7 Å². The van der Waals surface area contributed by atoms with E-state index in [1.54, 1.807) is 4.90 Å². The van der Waals surface area contributed by atoms with E-state index in [1.165, 1.54) is 0 Å². The summed E-state index contributed by atoms with van der Waals surface area (Å²) in [6, 6.07) is 9.68. The van der Waals surface area contributed by atoms with E-state index >= 15 is 0 Å². The van der Waals surface area contributed by atoms with Crippen LogP contribution in [0.25, 0.3) is 11.3 Å². The van der Waals surface area contributed by atoms with Gasteiger partial charge in [0.2, 0.25) is 0 Å². The summed E-state index contributed by atoms with van der Waals surface area (Å²) in [5.41, 5.74) is 2.78. The zero-order chi connectivity index (χ0) is 15.2. The van der Waals surface area contributed by atoms with E-state index in [9.17, 15) is 4.79 Å². The van der Waals surface area contributed by atoms with Gasteiger partial charge in [-0.05, 0) is 39.0 Å². The van der Waals surface area contributed by atoms with E-state index in [0.717, 1.165) is 23.5 Å². The molecule has 0 unspecified atom stereocenters. The Balaban J connectivity index is 2.06. The third kappa shape index (κ3) is 3.62. The Morgan fingerprint density at radius 2 is 1.81 bits per heavy atom. The molecule has 0 fully saturated rings. The number of aromatic nitrogens is 2. The molecule has 1 heterocycles. The minimum Gasteiger partial charge on any atom is -0.325 e. The second-order valence-corrected chi connectivity index (χ2v) is 4.74. The first-order chi connectivity index (χ1) is 10.2. The normalized spacial score (nSPS) is 10.4. The highest BCUT2D eigenvalue weighted by Crippen LogP contribution is 2.19. The van der Waals surface area contributed by atoms with Gasteiger partial charge in [-0.15, -0.1) is 0 Å². The molecule has 2 amide bonds. The van der Waals surface area contributed by atoms with Gasteiger partial charge in [0.1, 0.15) is 0 Å². The molecule has 5 heteroatoms. The van der Waals surface area contributed by atoms with Gasteiger partial charge in [-0.3, -0.25) is 4.68 Å². The predicted octanol–water partition coefficient (Wildman–Crippen LogP) is 3.44. The quantitative estimate of drug-likeness (QED) is 0.915.